The Morgan fingerprint density at radius 2 is 1.73 bits per heavy atom. The van der Waals surface area contributed by atoms with Gasteiger partial charge in [0.1, 0.15) is 17.5 Å². The Bertz CT molecular complexity index is 892. The highest BCUT2D eigenvalue weighted by molar-refractivity contribution is 5.94. The highest BCUT2D eigenvalue weighted by Gasteiger charge is 2.08. The zero-order valence-corrected chi connectivity index (χ0v) is 15.2. The number of rotatable bonds is 6. The standard InChI is InChI=1S/C21H22N4O/c1-15(26)18-9-11-19(12-10-18)24-20-13-21(23-16(2)22-20)25(3)14-17-7-5-4-6-8-17/h4-13H,14H2,1-3H3,(H,22,23,24). The van der Waals surface area contributed by atoms with E-state index in [1.165, 1.54) is 5.56 Å². The summed E-state index contributed by atoms with van der Waals surface area (Å²) in [5.74, 6) is 2.33. The van der Waals surface area contributed by atoms with Crippen molar-refractivity contribution in [3.8, 4) is 0 Å². The summed E-state index contributed by atoms with van der Waals surface area (Å²) in [6, 6.07) is 19.6. The Morgan fingerprint density at radius 3 is 2.38 bits per heavy atom. The minimum Gasteiger partial charge on any atom is -0.355 e. The van der Waals surface area contributed by atoms with Gasteiger partial charge in [0.05, 0.1) is 0 Å². The number of aromatic nitrogens is 2. The number of ketones is 1. The van der Waals surface area contributed by atoms with E-state index in [9.17, 15) is 4.79 Å². The maximum absolute atomic E-state index is 11.4. The number of hydrogen-bond acceptors (Lipinski definition) is 5. The predicted molar refractivity (Wildman–Crippen MR) is 105 cm³/mol. The van der Waals surface area contributed by atoms with Crippen LogP contribution >= 0.6 is 0 Å². The lowest BCUT2D eigenvalue weighted by Gasteiger charge is -2.19. The predicted octanol–water partition coefficient (Wildman–Crippen LogP) is 4.37. The van der Waals surface area contributed by atoms with Gasteiger partial charge in [0.2, 0.25) is 0 Å². The number of carbonyl (C=O) groups excluding carboxylic acids is 1. The fraction of sp³-hybridized carbons (Fsp3) is 0.190. The van der Waals surface area contributed by atoms with E-state index < -0.39 is 0 Å². The molecular formula is C21H22N4O. The number of benzene rings is 2. The quantitative estimate of drug-likeness (QED) is 0.672. The topological polar surface area (TPSA) is 58.1 Å². The van der Waals surface area contributed by atoms with Crippen LogP contribution < -0.4 is 10.2 Å². The third-order valence-electron chi connectivity index (χ3n) is 4.04. The first-order valence-corrected chi connectivity index (χ1v) is 8.50. The van der Waals surface area contributed by atoms with Crippen molar-refractivity contribution in [3.63, 3.8) is 0 Å². The molecule has 1 N–H and O–H groups in total. The molecule has 5 heteroatoms. The Kier molecular flexibility index (Phi) is 5.27. The average molecular weight is 346 g/mol. The molecule has 0 amide bonds. The van der Waals surface area contributed by atoms with Crippen LogP contribution in [0.2, 0.25) is 0 Å². The van der Waals surface area contributed by atoms with Crippen LogP contribution in [0.3, 0.4) is 0 Å². The first-order valence-electron chi connectivity index (χ1n) is 8.50. The minimum absolute atomic E-state index is 0.0549. The maximum atomic E-state index is 11.4. The van der Waals surface area contributed by atoms with Crippen molar-refractivity contribution in [3.05, 3.63) is 77.6 Å². The molecule has 0 aliphatic carbocycles. The summed E-state index contributed by atoms with van der Waals surface area (Å²) in [4.78, 5) is 22.5. The van der Waals surface area contributed by atoms with Gasteiger partial charge in [-0.2, -0.15) is 0 Å². The summed E-state index contributed by atoms with van der Waals surface area (Å²) in [6.07, 6.45) is 0. The molecule has 0 saturated carbocycles. The molecule has 3 aromatic rings. The zero-order chi connectivity index (χ0) is 18.5. The molecule has 0 atom stereocenters. The minimum atomic E-state index is 0.0549. The number of nitrogens with zero attached hydrogens (tertiary/aromatic N) is 3. The lowest BCUT2D eigenvalue weighted by Crippen LogP contribution is -2.18. The van der Waals surface area contributed by atoms with E-state index >= 15 is 0 Å². The average Bonchev–Trinajstić information content (AvgIpc) is 2.62. The van der Waals surface area contributed by atoms with Crippen LogP contribution in [-0.2, 0) is 6.54 Å². The highest BCUT2D eigenvalue weighted by atomic mass is 16.1. The van der Waals surface area contributed by atoms with Crippen molar-refractivity contribution < 1.29 is 4.79 Å². The van der Waals surface area contributed by atoms with E-state index in [0.29, 0.717) is 11.4 Å². The molecular weight excluding hydrogens is 324 g/mol. The van der Waals surface area contributed by atoms with E-state index in [2.05, 4.69) is 32.3 Å². The molecule has 0 fully saturated rings. The second-order valence-corrected chi connectivity index (χ2v) is 6.26. The highest BCUT2D eigenvalue weighted by Crippen LogP contribution is 2.21. The van der Waals surface area contributed by atoms with Gasteiger partial charge in [0, 0.05) is 30.9 Å². The summed E-state index contributed by atoms with van der Waals surface area (Å²) in [5, 5.41) is 3.28. The van der Waals surface area contributed by atoms with Gasteiger partial charge >= 0.3 is 0 Å². The Morgan fingerprint density at radius 1 is 1.04 bits per heavy atom. The van der Waals surface area contributed by atoms with Crippen molar-refractivity contribution in [1.82, 2.24) is 9.97 Å². The normalized spacial score (nSPS) is 10.4. The molecule has 0 unspecified atom stereocenters. The van der Waals surface area contributed by atoms with Gasteiger partial charge in [0.25, 0.3) is 0 Å². The number of hydrogen-bond donors (Lipinski definition) is 1. The zero-order valence-electron chi connectivity index (χ0n) is 15.2. The lowest BCUT2D eigenvalue weighted by atomic mass is 10.1. The largest absolute Gasteiger partial charge is 0.355 e. The van der Waals surface area contributed by atoms with Crippen LogP contribution in [0.15, 0.2) is 60.7 Å². The summed E-state index contributed by atoms with van der Waals surface area (Å²) < 4.78 is 0. The van der Waals surface area contributed by atoms with E-state index in [-0.39, 0.29) is 5.78 Å². The van der Waals surface area contributed by atoms with Gasteiger partial charge in [-0.15, -0.1) is 0 Å². The Balaban J connectivity index is 1.77. The SMILES string of the molecule is CC(=O)c1ccc(Nc2cc(N(C)Cc3ccccc3)nc(C)n2)cc1. The first kappa shape index (κ1) is 17.6. The summed E-state index contributed by atoms with van der Waals surface area (Å²) in [5.41, 5.74) is 2.79. The van der Waals surface area contributed by atoms with Crippen LogP contribution in [0.5, 0.6) is 0 Å². The Hall–Kier alpha value is -3.21. The maximum Gasteiger partial charge on any atom is 0.159 e. The fourth-order valence-electron chi connectivity index (χ4n) is 2.69. The lowest BCUT2D eigenvalue weighted by molar-refractivity contribution is 0.101. The molecule has 0 radical (unpaired) electrons. The smallest absolute Gasteiger partial charge is 0.159 e. The number of carbonyl (C=O) groups is 1. The van der Waals surface area contributed by atoms with Crippen molar-refractivity contribution >= 4 is 23.1 Å². The number of aryl methyl sites for hydroxylation is 1. The second-order valence-electron chi connectivity index (χ2n) is 6.26. The van der Waals surface area contributed by atoms with Crippen molar-refractivity contribution in [1.29, 1.82) is 0 Å². The van der Waals surface area contributed by atoms with E-state index in [0.717, 1.165) is 23.9 Å². The Labute approximate surface area is 153 Å². The van der Waals surface area contributed by atoms with E-state index in [1.54, 1.807) is 19.1 Å². The van der Waals surface area contributed by atoms with E-state index in [1.807, 2.05) is 50.4 Å². The van der Waals surface area contributed by atoms with Crippen LogP contribution in [0.25, 0.3) is 0 Å². The number of anilines is 3. The van der Waals surface area contributed by atoms with Crippen molar-refractivity contribution in [2.24, 2.45) is 0 Å². The molecule has 0 aliphatic heterocycles. The molecule has 1 heterocycles. The molecule has 1 aromatic heterocycles. The third-order valence-corrected chi connectivity index (χ3v) is 4.04. The van der Waals surface area contributed by atoms with E-state index in [4.69, 9.17) is 0 Å². The molecule has 26 heavy (non-hydrogen) atoms. The number of nitrogens with one attached hydrogen (secondary N) is 1. The van der Waals surface area contributed by atoms with Gasteiger partial charge in [-0.25, -0.2) is 9.97 Å². The van der Waals surface area contributed by atoms with Gasteiger partial charge < -0.3 is 10.2 Å². The van der Waals surface area contributed by atoms with Gasteiger partial charge in [-0.05, 0) is 43.7 Å². The van der Waals surface area contributed by atoms with Crippen LogP contribution in [-0.4, -0.2) is 22.8 Å². The monoisotopic (exact) mass is 346 g/mol. The summed E-state index contributed by atoms with van der Waals surface area (Å²) >= 11 is 0. The van der Waals surface area contributed by atoms with Crippen LogP contribution in [0.1, 0.15) is 28.7 Å². The summed E-state index contributed by atoms with van der Waals surface area (Å²) in [6.45, 7) is 4.21. The molecule has 0 aliphatic rings. The summed E-state index contributed by atoms with van der Waals surface area (Å²) in [7, 11) is 2.01. The molecule has 2 aromatic carbocycles. The van der Waals surface area contributed by atoms with Crippen molar-refractivity contribution in [2.45, 2.75) is 20.4 Å². The van der Waals surface area contributed by atoms with Crippen LogP contribution in [0, 0.1) is 6.92 Å². The fourth-order valence-corrected chi connectivity index (χ4v) is 2.69. The third kappa shape index (κ3) is 4.45. The van der Waals surface area contributed by atoms with Gasteiger partial charge in [0.15, 0.2) is 5.78 Å². The molecule has 5 nitrogen and oxygen atoms in total. The van der Waals surface area contributed by atoms with Gasteiger partial charge in [-0.3, -0.25) is 4.79 Å². The molecule has 0 spiro atoms. The molecule has 0 saturated heterocycles. The number of Topliss-reactive ketones (excluding diaryl/α,β-unsaturated/α-hetero) is 1. The van der Waals surface area contributed by atoms with Gasteiger partial charge in [-0.1, -0.05) is 30.3 Å². The first-order chi connectivity index (χ1) is 12.5. The van der Waals surface area contributed by atoms with Crippen LogP contribution in [0.4, 0.5) is 17.3 Å². The van der Waals surface area contributed by atoms with Crippen molar-refractivity contribution in [2.75, 3.05) is 17.3 Å². The second kappa shape index (κ2) is 7.78. The molecule has 132 valence electrons. The molecule has 3 rings (SSSR count). The molecule has 0 bridgehead atoms.